The fourth-order valence-electron chi connectivity index (χ4n) is 3.07. The van der Waals surface area contributed by atoms with Crippen LogP contribution in [0.15, 0.2) is 36.7 Å². The zero-order chi connectivity index (χ0) is 21.3. The number of nitrogen functional groups attached to an aromatic ring is 1. The lowest BCUT2D eigenvalue weighted by Gasteiger charge is -2.20. The normalized spacial score (nSPS) is 11.7. The van der Waals surface area contributed by atoms with E-state index in [0.29, 0.717) is 22.3 Å². The summed E-state index contributed by atoms with van der Waals surface area (Å²) < 4.78 is 1.67. The fraction of sp³-hybridized carbons (Fsp3) is 0.333. The first-order chi connectivity index (χ1) is 13.6. The SMILES string of the molecule is CC(C)c1cc(C(=O)c2cccc(NC(=O)NC(C)(C)C)c2)c2c(N)ncnn12. The number of hydrogen-bond acceptors (Lipinski definition) is 5. The van der Waals surface area contributed by atoms with Gasteiger partial charge >= 0.3 is 6.03 Å². The van der Waals surface area contributed by atoms with Crippen LogP contribution in [0.25, 0.3) is 5.52 Å². The molecule has 3 aromatic rings. The van der Waals surface area contributed by atoms with Crippen LogP contribution in [0.2, 0.25) is 0 Å². The zero-order valence-corrected chi connectivity index (χ0v) is 17.3. The second kappa shape index (κ2) is 7.54. The van der Waals surface area contributed by atoms with Gasteiger partial charge in [0.25, 0.3) is 0 Å². The molecule has 4 N–H and O–H groups in total. The minimum atomic E-state index is -0.367. The molecule has 0 spiro atoms. The van der Waals surface area contributed by atoms with Gasteiger partial charge in [-0.1, -0.05) is 26.0 Å². The number of rotatable bonds is 4. The number of aromatic nitrogens is 3. The molecule has 3 rings (SSSR count). The van der Waals surface area contributed by atoms with Gasteiger partial charge in [-0.15, -0.1) is 0 Å². The van der Waals surface area contributed by atoms with Crippen LogP contribution in [-0.2, 0) is 0 Å². The Bertz CT molecular complexity index is 1080. The standard InChI is InChI=1S/C21H26N6O2/c1-12(2)16-10-15(17-19(22)23-11-24-27(16)17)18(28)13-7-6-8-14(9-13)25-20(29)26-21(3,4)5/h6-12H,1-5H3,(H2,22,23,24)(H2,25,26,29). The highest BCUT2D eigenvalue weighted by molar-refractivity contribution is 6.15. The molecule has 2 aromatic heterocycles. The van der Waals surface area contributed by atoms with Crippen molar-refractivity contribution >= 4 is 28.8 Å². The van der Waals surface area contributed by atoms with Gasteiger partial charge in [-0.2, -0.15) is 5.10 Å². The van der Waals surface area contributed by atoms with E-state index in [4.69, 9.17) is 5.73 Å². The predicted octanol–water partition coefficient (Wildman–Crippen LogP) is 3.59. The smallest absolute Gasteiger partial charge is 0.319 e. The summed E-state index contributed by atoms with van der Waals surface area (Å²) in [6.45, 7) is 9.72. The van der Waals surface area contributed by atoms with Crippen molar-refractivity contribution in [1.29, 1.82) is 0 Å². The lowest BCUT2D eigenvalue weighted by molar-refractivity contribution is 0.104. The molecule has 0 aliphatic carbocycles. The van der Waals surface area contributed by atoms with Crippen LogP contribution in [-0.4, -0.2) is 32.0 Å². The number of amides is 2. The summed E-state index contributed by atoms with van der Waals surface area (Å²) in [5.74, 6) is 0.178. The molecule has 0 fully saturated rings. The first kappa shape index (κ1) is 20.3. The third kappa shape index (κ3) is 4.37. The first-order valence-electron chi connectivity index (χ1n) is 9.43. The third-order valence-corrected chi connectivity index (χ3v) is 4.32. The maximum Gasteiger partial charge on any atom is 0.319 e. The summed E-state index contributed by atoms with van der Waals surface area (Å²) in [7, 11) is 0. The van der Waals surface area contributed by atoms with E-state index in [1.54, 1.807) is 34.8 Å². The number of benzene rings is 1. The number of anilines is 2. The molecule has 2 amide bonds. The van der Waals surface area contributed by atoms with E-state index in [0.717, 1.165) is 5.69 Å². The number of hydrogen-bond donors (Lipinski definition) is 3. The van der Waals surface area contributed by atoms with Crippen molar-refractivity contribution in [3.8, 4) is 0 Å². The molecule has 8 nitrogen and oxygen atoms in total. The average molecular weight is 394 g/mol. The lowest BCUT2D eigenvalue weighted by atomic mass is 10.0. The highest BCUT2D eigenvalue weighted by atomic mass is 16.2. The summed E-state index contributed by atoms with van der Waals surface area (Å²) in [5.41, 5.74) is 8.44. The second-order valence-electron chi connectivity index (χ2n) is 8.28. The van der Waals surface area contributed by atoms with Crippen LogP contribution in [0, 0.1) is 0 Å². The van der Waals surface area contributed by atoms with Crippen LogP contribution < -0.4 is 16.4 Å². The average Bonchev–Trinajstić information content (AvgIpc) is 3.01. The molecular formula is C21H26N6O2. The van der Waals surface area contributed by atoms with Gasteiger partial charge in [-0.05, 0) is 44.9 Å². The van der Waals surface area contributed by atoms with Gasteiger partial charge in [0.15, 0.2) is 11.6 Å². The van der Waals surface area contributed by atoms with Crippen LogP contribution in [0.1, 0.15) is 62.2 Å². The highest BCUT2D eigenvalue weighted by Gasteiger charge is 2.22. The molecule has 0 saturated heterocycles. The molecular weight excluding hydrogens is 368 g/mol. The summed E-state index contributed by atoms with van der Waals surface area (Å²) in [4.78, 5) is 29.4. The molecule has 0 bridgehead atoms. The van der Waals surface area contributed by atoms with E-state index in [2.05, 4.69) is 20.7 Å². The molecule has 152 valence electrons. The Hall–Kier alpha value is -3.42. The number of nitrogens with two attached hydrogens (primary N) is 1. The van der Waals surface area contributed by atoms with Crippen molar-refractivity contribution in [1.82, 2.24) is 19.9 Å². The van der Waals surface area contributed by atoms with E-state index in [9.17, 15) is 9.59 Å². The minimum absolute atomic E-state index is 0.146. The Balaban J connectivity index is 1.97. The number of carbonyl (C=O) groups excluding carboxylic acids is 2. The van der Waals surface area contributed by atoms with Gasteiger partial charge < -0.3 is 16.4 Å². The van der Waals surface area contributed by atoms with Gasteiger partial charge in [0.1, 0.15) is 11.8 Å². The summed E-state index contributed by atoms with van der Waals surface area (Å²) >= 11 is 0. The molecule has 0 aliphatic heterocycles. The maximum atomic E-state index is 13.3. The van der Waals surface area contributed by atoms with E-state index in [1.807, 2.05) is 34.6 Å². The predicted molar refractivity (Wildman–Crippen MR) is 113 cm³/mol. The van der Waals surface area contributed by atoms with Crippen LogP contribution in [0.5, 0.6) is 0 Å². The topological polar surface area (TPSA) is 114 Å². The Morgan fingerprint density at radius 3 is 2.55 bits per heavy atom. The van der Waals surface area contributed by atoms with Crippen molar-refractivity contribution in [3.63, 3.8) is 0 Å². The highest BCUT2D eigenvalue weighted by Crippen LogP contribution is 2.27. The summed E-state index contributed by atoms with van der Waals surface area (Å²) in [6, 6.07) is 8.27. The molecule has 0 radical (unpaired) electrons. The van der Waals surface area contributed by atoms with Crippen molar-refractivity contribution in [2.24, 2.45) is 0 Å². The Morgan fingerprint density at radius 1 is 1.17 bits per heavy atom. The minimum Gasteiger partial charge on any atom is -0.382 e. The van der Waals surface area contributed by atoms with Crippen molar-refractivity contribution in [2.45, 2.75) is 46.1 Å². The zero-order valence-electron chi connectivity index (χ0n) is 17.3. The number of ketones is 1. The Morgan fingerprint density at radius 2 is 1.90 bits per heavy atom. The number of carbonyl (C=O) groups is 2. The third-order valence-electron chi connectivity index (χ3n) is 4.32. The number of nitrogens with zero attached hydrogens (tertiary/aromatic N) is 3. The first-order valence-corrected chi connectivity index (χ1v) is 9.43. The molecule has 2 heterocycles. The van der Waals surface area contributed by atoms with Crippen LogP contribution in [0.3, 0.4) is 0 Å². The molecule has 29 heavy (non-hydrogen) atoms. The molecule has 1 aromatic carbocycles. The number of urea groups is 1. The van der Waals surface area contributed by atoms with Crippen LogP contribution in [0.4, 0.5) is 16.3 Å². The quantitative estimate of drug-likeness (QED) is 0.585. The van der Waals surface area contributed by atoms with Crippen LogP contribution >= 0.6 is 0 Å². The maximum absolute atomic E-state index is 13.3. The van der Waals surface area contributed by atoms with E-state index in [1.165, 1.54) is 6.33 Å². The summed E-state index contributed by atoms with van der Waals surface area (Å²) in [5, 5.41) is 9.84. The molecule has 8 heteroatoms. The van der Waals surface area contributed by atoms with Gasteiger partial charge in [-0.3, -0.25) is 4.79 Å². The number of nitrogens with one attached hydrogen (secondary N) is 2. The van der Waals surface area contributed by atoms with Gasteiger partial charge in [0, 0.05) is 22.5 Å². The molecule has 0 aliphatic rings. The molecule has 0 unspecified atom stereocenters. The fourth-order valence-corrected chi connectivity index (χ4v) is 3.07. The molecule has 0 atom stereocenters. The monoisotopic (exact) mass is 394 g/mol. The summed E-state index contributed by atoms with van der Waals surface area (Å²) in [6.07, 6.45) is 1.38. The van der Waals surface area contributed by atoms with Crippen molar-refractivity contribution < 1.29 is 9.59 Å². The van der Waals surface area contributed by atoms with Gasteiger partial charge in [0.05, 0.1) is 5.56 Å². The Kier molecular flexibility index (Phi) is 5.28. The second-order valence-corrected chi connectivity index (χ2v) is 8.28. The van der Waals surface area contributed by atoms with E-state index in [-0.39, 0.29) is 29.1 Å². The molecule has 0 saturated carbocycles. The van der Waals surface area contributed by atoms with Crippen molar-refractivity contribution in [2.75, 3.05) is 11.1 Å². The van der Waals surface area contributed by atoms with Gasteiger partial charge in [-0.25, -0.2) is 14.3 Å². The van der Waals surface area contributed by atoms with E-state index < -0.39 is 0 Å². The Labute approximate surface area is 169 Å². The number of fused-ring (bicyclic) bond motifs is 1. The van der Waals surface area contributed by atoms with Crippen molar-refractivity contribution in [3.05, 3.63) is 53.5 Å². The largest absolute Gasteiger partial charge is 0.382 e. The van der Waals surface area contributed by atoms with E-state index >= 15 is 0 Å². The van der Waals surface area contributed by atoms with Gasteiger partial charge in [0.2, 0.25) is 0 Å². The lowest BCUT2D eigenvalue weighted by Crippen LogP contribution is -2.43.